The molecular weight excluding hydrogens is 336 g/mol. The average molecular weight is 358 g/mol. The molecule has 1 fully saturated rings. The van der Waals surface area contributed by atoms with Crippen molar-refractivity contribution in [3.8, 4) is 0 Å². The third-order valence-electron chi connectivity index (χ3n) is 4.52. The fraction of sp³-hybridized carbons (Fsp3) is 0.562. The zero-order chi connectivity index (χ0) is 17.9. The summed E-state index contributed by atoms with van der Waals surface area (Å²) in [4.78, 5) is 17.6. The summed E-state index contributed by atoms with van der Waals surface area (Å²) in [5.74, 6) is 2.15. The van der Waals surface area contributed by atoms with Crippen LogP contribution < -0.4 is 4.90 Å². The number of fused-ring (bicyclic) bond motifs is 1. The van der Waals surface area contributed by atoms with Gasteiger partial charge in [-0.1, -0.05) is 5.16 Å². The summed E-state index contributed by atoms with van der Waals surface area (Å²) in [6.07, 6.45) is 3.20. The lowest BCUT2D eigenvalue weighted by atomic mass is 10.3. The number of rotatable bonds is 6. The van der Waals surface area contributed by atoms with Crippen LogP contribution in [0.25, 0.3) is 11.0 Å². The van der Waals surface area contributed by atoms with E-state index in [1.54, 1.807) is 12.5 Å². The Morgan fingerprint density at radius 1 is 1.27 bits per heavy atom. The second kappa shape index (κ2) is 7.34. The molecule has 1 aliphatic heterocycles. The first kappa shape index (κ1) is 16.9. The van der Waals surface area contributed by atoms with Crippen molar-refractivity contribution in [2.75, 3.05) is 37.7 Å². The van der Waals surface area contributed by atoms with Crippen molar-refractivity contribution >= 4 is 16.9 Å². The van der Waals surface area contributed by atoms with Crippen molar-refractivity contribution in [1.29, 1.82) is 0 Å². The van der Waals surface area contributed by atoms with Gasteiger partial charge in [-0.3, -0.25) is 10.00 Å². The van der Waals surface area contributed by atoms with Crippen LogP contribution in [0.4, 0.5) is 5.82 Å². The Kier molecular flexibility index (Phi) is 4.76. The van der Waals surface area contributed by atoms with Crippen molar-refractivity contribution in [3.05, 3.63) is 24.2 Å². The van der Waals surface area contributed by atoms with Crippen LogP contribution in [-0.2, 0) is 11.3 Å². The smallest absolute Gasteiger partial charge is 0.240 e. The maximum atomic E-state index is 5.50. The molecular formula is C16H22N8O2. The quantitative estimate of drug-likeness (QED) is 0.694. The third kappa shape index (κ3) is 3.37. The van der Waals surface area contributed by atoms with E-state index < -0.39 is 0 Å². The van der Waals surface area contributed by atoms with Gasteiger partial charge in [-0.2, -0.15) is 10.1 Å². The zero-order valence-electron chi connectivity index (χ0n) is 14.9. The molecule has 4 rings (SSSR count). The van der Waals surface area contributed by atoms with Gasteiger partial charge in [0, 0.05) is 32.8 Å². The minimum absolute atomic E-state index is 0.149. The van der Waals surface area contributed by atoms with Crippen molar-refractivity contribution in [2.45, 2.75) is 26.5 Å². The molecule has 1 N–H and O–H groups in total. The van der Waals surface area contributed by atoms with Crippen LogP contribution in [-0.4, -0.2) is 68.0 Å². The highest BCUT2D eigenvalue weighted by Gasteiger charge is 2.22. The van der Waals surface area contributed by atoms with Gasteiger partial charge in [0.25, 0.3) is 0 Å². The van der Waals surface area contributed by atoms with Crippen LogP contribution in [0.3, 0.4) is 0 Å². The Bertz CT molecular complexity index is 855. The van der Waals surface area contributed by atoms with E-state index in [1.165, 1.54) is 0 Å². The molecule has 4 heterocycles. The van der Waals surface area contributed by atoms with E-state index in [0.29, 0.717) is 24.9 Å². The summed E-state index contributed by atoms with van der Waals surface area (Å²) < 4.78 is 10.9. The minimum Gasteiger partial charge on any atom is -0.371 e. The van der Waals surface area contributed by atoms with Crippen LogP contribution in [0, 0.1) is 0 Å². The van der Waals surface area contributed by atoms with Crippen LogP contribution in [0.2, 0.25) is 0 Å². The molecule has 1 saturated heterocycles. The fourth-order valence-corrected chi connectivity index (χ4v) is 3.14. The summed E-state index contributed by atoms with van der Waals surface area (Å²) >= 11 is 0. The lowest BCUT2D eigenvalue weighted by Crippen LogP contribution is -2.46. The predicted octanol–water partition coefficient (Wildman–Crippen LogP) is 1.16. The molecule has 10 heteroatoms. The monoisotopic (exact) mass is 358 g/mol. The van der Waals surface area contributed by atoms with E-state index in [1.807, 2.05) is 13.8 Å². The number of aromatic amines is 1. The normalized spacial score (nSPS) is 17.1. The van der Waals surface area contributed by atoms with E-state index in [0.717, 1.165) is 43.0 Å². The van der Waals surface area contributed by atoms with E-state index in [9.17, 15) is 0 Å². The summed E-state index contributed by atoms with van der Waals surface area (Å²) in [7, 11) is 0. The molecule has 3 aromatic rings. The molecule has 3 aromatic heterocycles. The Morgan fingerprint density at radius 3 is 2.92 bits per heavy atom. The van der Waals surface area contributed by atoms with Gasteiger partial charge in [0.15, 0.2) is 11.5 Å². The number of anilines is 1. The highest BCUT2D eigenvalue weighted by molar-refractivity contribution is 5.86. The van der Waals surface area contributed by atoms with Gasteiger partial charge in [0.1, 0.15) is 18.2 Å². The Morgan fingerprint density at radius 2 is 2.12 bits per heavy atom. The van der Waals surface area contributed by atoms with E-state index in [4.69, 9.17) is 9.26 Å². The van der Waals surface area contributed by atoms with Gasteiger partial charge in [-0.25, -0.2) is 9.97 Å². The number of aromatic nitrogens is 6. The number of nitrogens with one attached hydrogen (secondary N) is 1. The number of ether oxygens (including phenoxy) is 1. The van der Waals surface area contributed by atoms with Gasteiger partial charge in [-0.15, -0.1) is 0 Å². The molecule has 0 aliphatic carbocycles. The van der Waals surface area contributed by atoms with Crippen molar-refractivity contribution in [3.63, 3.8) is 0 Å². The summed E-state index contributed by atoms with van der Waals surface area (Å²) in [5, 5.41) is 11.9. The highest BCUT2D eigenvalue weighted by atomic mass is 16.5. The maximum absolute atomic E-state index is 5.50. The first-order chi connectivity index (χ1) is 12.7. The molecule has 26 heavy (non-hydrogen) atoms. The van der Waals surface area contributed by atoms with E-state index >= 15 is 0 Å². The van der Waals surface area contributed by atoms with Gasteiger partial charge < -0.3 is 14.2 Å². The second-order valence-electron chi connectivity index (χ2n) is 6.24. The lowest BCUT2D eigenvalue weighted by molar-refractivity contribution is 0.0683. The van der Waals surface area contributed by atoms with Crippen LogP contribution in [0.15, 0.2) is 17.0 Å². The minimum atomic E-state index is -0.149. The maximum Gasteiger partial charge on any atom is 0.240 e. The van der Waals surface area contributed by atoms with Crippen LogP contribution >= 0.6 is 0 Å². The van der Waals surface area contributed by atoms with E-state index in [2.05, 4.69) is 40.1 Å². The molecule has 0 aromatic carbocycles. The topological polar surface area (TPSA) is 109 Å². The molecule has 1 aliphatic rings. The van der Waals surface area contributed by atoms with Crippen LogP contribution in [0.1, 0.15) is 31.7 Å². The Balaban J connectivity index is 1.36. The first-order valence-electron chi connectivity index (χ1n) is 8.80. The zero-order valence-corrected chi connectivity index (χ0v) is 14.9. The third-order valence-corrected chi connectivity index (χ3v) is 4.52. The number of hydrogen-bond donors (Lipinski definition) is 1. The lowest BCUT2D eigenvalue weighted by Gasteiger charge is -2.34. The van der Waals surface area contributed by atoms with Gasteiger partial charge >= 0.3 is 0 Å². The van der Waals surface area contributed by atoms with Gasteiger partial charge in [-0.05, 0) is 13.8 Å². The Labute approximate surface area is 150 Å². The summed E-state index contributed by atoms with van der Waals surface area (Å²) in [6, 6.07) is 0. The molecule has 1 unspecified atom stereocenters. The van der Waals surface area contributed by atoms with Crippen molar-refractivity contribution < 1.29 is 9.26 Å². The number of H-pyrrole nitrogens is 1. The number of piperazine rings is 1. The van der Waals surface area contributed by atoms with Crippen LogP contribution in [0.5, 0.6) is 0 Å². The second-order valence-corrected chi connectivity index (χ2v) is 6.24. The first-order valence-corrected chi connectivity index (χ1v) is 8.80. The van der Waals surface area contributed by atoms with Gasteiger partial charge in [0.05, 0.1) is 18.1 Å². The number of nitrogens with zero attached hydrogens (tertiary/aromatic N) is 7. The highest BCUT2D eigenvalue weighted by Crippen LogP contribution is 2.22. The molecule has 138 valence electrons. The average Bonchev–Trinajstić information content (AvgIpc) is 3.31. The van der Waals surface area contributed by atoms with Gasteiger partial charge in [0.2, 0.25) is 5.89 Å². The molecule has 10 nitrogen and oxygen atoms in total. The molecule has 0 amide bonds. The van der Waals surface area contributed by atoms with E-state index in [-0.39, 0.29) is 6.10 Å². The summed E-state index contributed by atoms with van der Waals surface area (Å²) in [6.45, 7) is 8.66. The molecule has 0 radical (unpaired) electrons. The fourth-order valence-electron chi connectivity index (χ4n) is 3.14. The Hall–Kier alpha value is -2.59. The summed E-state index contributed by atoms with van der Waals surface area (Å²) in [5.41, 5.74) is 0.763. The number of hydrogen-bond acceptors (Lipinski definition) is 9. The molecule has 0 bridgehead atoms. The SMILES string of the molecule is CCOC(C)c1noc(CN2CCN(c3ncnc4[nH]ncc34)CC2)n1. The molecule has 0 saturated carbocycles. The molecule has 1 atom stereocenters. The standard InChI is InChI=1S/C16H22N8O2/c1-3-25-11(2)14-20-13(26-22-14)9-23-4-6-24(7-5-23)16-12-8-19-21-15(12)17-10-18-16/h8,10-11H,3-7,9H2,1-2H3,(H,17,18,19,21). The van der Waals surface area contributed by atoms with Crippen molar-refractivity contribution in [2.24, 2.45) is 0 Å². The van der Waals surface area contributed by atoms with Crippen molar-refractivity contribution in [1.82, 2.24) is 35.2 Å². The molecule has 0 spiro atoms. The largest absolute Gasteiger partial charge is 0.371 e. The predicted molar refractivity (Wildman–Crippen MR) is 93.5 cm³/mol.